The van der Waals surface area contributed by atoms with Gasteiger partial charge in [0.2, 0.25) is 5.91 Å². The van der Waals surface area contributed by atoms with Crippen molar-refractivity contribution in [1.82, 2.24) is 14.9 Å². The minimum absolute atomic E-state index is 0.116. The number of hydrogen-bond acceptors (Lipinski definition) is 3. The molecule has 0 atom stereocenters. The van der Waals surface area contributed by atoms with Crippen molar-refractivity contribution in [3.8, 4) is 0 Å². The van der Waals surface area contributed by atoms with Gasteiger partial charge in [0.1, 0.15) is 12.2 Å². The molecule has 0 aliphatic rings. The maximum Gasteiger partial charge on any atom is 0.240 e. The average Bonchev–Trinajstić information content (AvgIpc) is 2.48. The van der Waals surface area contributed by atoms with E-state index in [1.807, 2.05) is 20.8 Å². The lowest BCUT2D eigenvalue weighted by molar-refractivity contribution is -0.123. The predicted octanol–water partition coefficient (Wildman–Crippen LogP) is 0.610. The van der Waals surface area contributed by atoms with Crippen LogP contribution in [0.5, 0.6) is 0 Å². The first-order valence-electron chi connectivity index (χ1n) is 4.69. The first kappa shape index (κ1) is 11.4. The molecular formula is C10H15N3O2. The minimum Gasteiger partial charge on any atom is -0.350 e. The third kappa shape index (κ3) is 3.53. The summed E-state index contributed by atoms with van der Waals surface area (Å²) in [7, 11) is 0. The van der Waals surface area contributed by atoms with E-state index >= 15 is 0 Å². The summed E-state index contributed by atoms with van der Waals surface area (Å²) < 4.78 is 1.51. The van der Waals surface area contributed by atoms with Crippen LogP contribution in [0.2, 0.25) is 0 Å². The van der Waals surface area contributed by atoms with Crippen LogP contribution in [0, 0.1) is 0 Å². The standard InChI is InChI=1S/C10H15N3O2/c1-10(2,3)12-9(15)5-13-7-11-4-8(13)6-14/h4,6-7H,5H2,1-3H3,(H,12,15). The number of nitrogens with zero attached hydrogens (tertiary/aromatic N) is 2. The van der Waals surface area contributed by atoms with Crippen LogP contribution >= 0.6 is 0 Å². The molecule has 1 heterocycles. The van der Waals surface area contributed by atoms with E-state index in [4.69, 9.17) is 0 Å². The van der Waals surface area contributed by atoms with Crippen LogP contribution in [0.1, 0.15) is 31.3 Å². The molecule has 82 valence electrons. The number of carbonyl (C=O) groups excluding carboxylic acids is 2. The van der Waals surface area contributed by atoms with Gasteiger partial charge in [0.15, 0.2) is 6.29 Å². The highest BCUT2D eigenvalue weighted by Crippen LogP contribution is 2.00. The lowest BCUT2D eigenvalue weighted by Crippen LogP contribution is -2.42. The summed E-state index contributed by atoms with van der Waals surface area (Å²) in [5, 5.41) is 2.81. The molecule has 5 nitrogen and oxygen atoms in total. The summed E-state index contributed by atoms with van der Waals surface area (Å²) >= 11 is 0. The van der Waals surface area contributed by atoms with Crippen LogP contribution in [-0.2, 0) is 11.3 Å². The number of aromatic nitrogens is 2. The number of aldehydes is 1. The number of imidazole rings is 1. The largest absolute Gasteiger partial charge is 0.350 e. The zero-order valence-electron chi connectivity index (χ0n) is 9.15. The van der Waals surface area contributed by atoms with Crippen molar-refractivity contribution in [2.45, 2.75) is 32.9 Å². The first-order chi connectivity index (χ1) is 6.92. The second-order valence-electron chi connectivity index (χ2n) is 4.36. The Bertz CT molecular complexity index is 363. The van der Waals surface area contributed by atoms with Crippen molar-refractivity contribution in [3.05, 3.63) is 18.2 Å². The maximum absolute atomic E-state index is 11.5. The average molecular weight is 209 g/mol. The van der Waals surface area contributed by atoms with Gasteiger partial charge in [-0.2, -0.15) is 0 Å². The SMILES string of the molecule is CC(C)(C)NC(=O)Cn1cncc1C=O. The lowest BCUT2D eigenvalue weighted by Gasteiger charge is -2.20. The Balaban J connectivity index is 2.63. The van der Waals surface area contributed by atoms with Crippen LogP contribution in [0.25, 0.3) is 0 Å². The van der Waals surface area contributed by atoms with Crippen molar-refractivity contribution >= 4 is 12.2 Å². The van der Waals surface area contributed by atoms with Crippen LogP contribution in [0.4, 0.5) is 0 Å². The van der Waals surface area contributed by atoms with Crippen LogP contribution < -0.4 is 5.32 Å². The van der Waals surface area contributed by atoms with Gasteiger partial charge in [-0.15, -0.1) is 0 Å². The van der Waals surface area contributed by atoms with Crippen molar-refractivity contribution in [1.29, 1.82) is 0 Å². The fourth-order valence-corrected chi connectivity index (χ4v) is 1.17. The molecule has 5 heteroatoms. The number of amides is 1. The smallest absolute Gasteiger partial charge is 0.240 e. The van der Waals surface area contributed by atoms with E-state index in [0.29, 0.717) is 12.0 Å². The summed E-state index contributed by atoms with van der Waals surface area (Å²) in [5.41, 5.74) is 0.137. The molecule has 15 heavy (non-hydrogen) atoms. The summed E-state index contributed by atoms with van der Waals surface area (Å²) in [6, 6.07) is 0. The molecule has 1 amide bonds. The Morgan fingerprint density at radius 1 is 1.60 bits per heavy atom. The van der Waals surface area contributed by atoms with Crippen molar-refractivity contribution in [3.63, 3.8) is 0 Å². The summed E-state index contributed by atoms with van der Waals surface area (Å²) in [6.07, 6.45) is 3.57. The van der Waals surface area contributed by atoms with E-state index in [1.165, 1.54) is 17.1 Å². The van der Waals surface area contributed by atoms with E-state index in [2.05, 4.69) is 10.3 Å². The highest BCUT2D eigenvalue weighted by Gasteiger charge is 2.14. The molecule has 0 saturated heterocycles. The number of rotatable bonds is 3. The summed E-state index contributed by atoms with van der Waals surface area (Å²) in [5.74, 6) is -0.136. The second-order valence-corrected chi connectivity index (χ2v) is 4.36. The van der Waals surface area contributed by atoms with E-state index < -0.39 is 0 Å². The van der Waals surface area contributed by atoms with Gasteiger partial charge >= 0.3 is 0 Å². The first-order valence-corrected chi connectivity index (χ1v) is 4.69. The Labute approximate surface area is 88.5 Å². The molecule has 0 fully saturated rings. The molecule has 1 aromatic rings. The highest BCUT2D eigenvalue weighted by molar-refractivity contribution is 5.78. The molecule has 0 aliphatic carbocycles. The monoisotopic (exact) mass is 209 g/mol. The van der Waals surface area contributed by atoms with Crippen molar-refractivity contribution in [2.75, 3.05) is 0 Å². The van der Waals surface area contributed by atoms with Crippen LogP contribution in [-0.4, -0.2) is 27.3 Å². The van der Waals surface area contributed by atoms with E-state index in [9.17, 15) is 9.59 Å². The molecule has 0 unspecified atom stereocenters. The molecule has 0 aliphatic heterocycles. The number of nitrogens with one attached hydrogen (secondary N) is 1. The van der Waals surface area contributed by atoms with Gasteiger partial charge in [0, 0.05) is 5.54 Å². The molecule has 0 aromatic carbocycles. The third-order valence-electron chi connectivity index (χ3n) is 1.69. The quantitative estimate of drug-likeness (QED) is 0.742. The van der Waals surface area contributed by atoms with Gasteiger partial charge in [-0.05, 0) is 20.8 Å². The fourth-order valence-electron chi connectivity index (χ4n) is 1.17. The van der Waals surface area contributed by atoms with Crippen molar-refractivity contribution < 1.29 is 9.59 Å². The van der Waals surface area contributed by atoms with Gasteiger partial charge in [0.05, 0.1) is 12.5 Å². The molecule has 1 aromatic heterocycles. The third-order valence-corrected chi connectivity index (χ3v) is 1.69. The molecular weight excluding hydrogens is 194 g/mol. The fraction of sp³-hybridized carbons (Fsp3) is 0.500. The van der Waals surface area contributed by atoms with E-state index in [-0.39, 0.29) is 18.0 Å². The minimum atomic E-state index is -0.265. The predicted molar refractivity (Wildman–Crippen MR) is 55.5 cm³/mol. The zero-order chi connectivity index (χ0) is 11.5. The Hall–Kier alpha value is -1.65. The van der Waals surface area contributed by atoms with Crippen molar-refractivity contribution in [2.24, 2.45) is 0 Å². The van der Waals surface area contributed by atoms with Gasteiger partial charge in [0.25, 0.3) is 0 Å². The molecule has 0 spiro atoms. The number of hydrogen-bond donors (Lipinski definition) is 1. The zero-order valence-corrected chi connectivity index (χ0v) is 9.15. The second kappa shape index (κ2) is 4.25. The molecule has 1 N–H and O–H groups in total. The molecule has 0 bridgehead atoms. The summed E-state index contributed by atoms with van der Waals surface area (Å²) in [6.45, 7) is 5.82. The van der Waals surface area contributed by atoms with Gasteiger partial charge in [-0.25, -0.2) is 4.98 Å². The van der Waals surface area contributed by atoms with Crippen LogP contribution in [0.3, 0.4) is 0 Å². The molecule has 1 rings (SSSR count). The van der Waals surface area contributed by atoms with E-state index in [0.717, 1.165) is 0 Å². The molecule has 0 saturated carbocycles. The Morgan fingerprint density at radius 3 is 2.80 bits per heavy atom. The Kier molecular flexibility index (Phi) is 3.24. The molecule has 0 radical (unpaired) electrons. The Morgan fingerprint density at radius 2 is 2.27 bits per heavy atom. The lowest BCUT2D eigenvalue weighted by atomic mass is 10.1. The van der Waals surface area contributed by atoms with Gasteiger partial charge in [-0.1, -0.05) is 0 Å². The normalized spacial score (nSPS) is 11.1. The van der Waals surface area contributed by atoms with Crippen LogP contribution in [0.15, 0.2) is 12.5 Å². The highest BCUT2D eigenvalue weighted by atomic mass is 16.2. The van der Waals surface area contributed by atoms with Gasteiger partial charge in [-0.3, -0.25) is 9.59 Å². The number of carbonyl (C=O) groups is 2. The maximum atomic E-state index is 11.5. The van der Waals surface area contributed by atoms with E-state index in [1.54, 1.807) is 0 Å². The van der Waals surface area contributed by atoms with Gasteiger partial charge < -0.3 is 9.88 Å². The topological polar surface area (TPSA) is 64.0 Å². The summed E-state index contributed by atoms with van der Waals surface area (Å²) in [4.78, 5) is 25.9.